The lowest BCUT2D eigenvalue weighted by molar-refractivity contribution is -0.125. The van der Waals surface area contributed by atoms with Crippen molar-refractivity contribution >= 4 is 27.5 Å². The predicted molar refractivity (Wildman–Crippen MR) is 77.6 cm³/mol. The zero-order valence-corrected chi connectivity index (χ0v) is 12.2. The molecule has 18 heavy (non-hydrogen) atoms. The van der Waals surface area contributed by atoms with Gasteiger partial charge in [-0.3, -0.25) is 4.79 Å². The molecular weight excluding hydrogens is 292 g/mol. The molecule has 1 aromatic carbocycles. The molecule has 1 unspecified atom stereocenters. The van der Waals surface area contributed by atoms with Crippen molar-refractivity contribution < 1.29 is 4.79 Å². The average Bonchev–Trinajstić information content (AvgIpc) is 2.79. The van der Waals surface area contributed by atoms with Crippen molar-refractivity contribution in [3.63, 3.8) is 0 Å². The SMILES string of the molecule is CCCC1(C(=O)Nc2cccc(Br)c2)CCNC1. The summed E-state index contributed by atoms with van der Waals surface area (Å²) >= 11 is 3.42. The highest BCUT2D eigenvalue weighted by molar-refractivity contribution is 9.10. The highest BCUT2D eigenvalue weighted by atomic mass is 79.9. The normalized spacial score (nSPS) is 23.0. The summed E-state index contributed by atoms with van der Waals surface area (Å²) in [5.41, 5.74) is 0.633. The lowest BCUT2D eigenvalue weighted by atomic mass is 9.81. The van der Waals surface area contributed by atoms with Crippen LogP contribution in [0.25, 0.3) is 0 Å². The highest BCUT2D eigenvalue weighted by Gasteiger charge is 2.40. The van der Waals surface area contributed by atoms with Crippen LogP contribution in [-0.4, -0.2) is 19.0 Å². The molecule has 3 nitrogen and oxygen atoms in total. The van der Waals surface area contributed by atoms with E-state index in [1.807, 2.05) is 24.3 Å². The van der Waals surface area contributed by atoms with Crippen LogP contribution in [0.3, 0.4) is 0 Å². The summed E-state index contributed by atoms with van der Waals surface area (Å²) in [7, 11) is 0. The Bertz CT molecular complexity index is 428. The fourth-order valence-corrected chi connectivity index (χ4v) is 2.97. The van der Waals surface area contributed by atoms with Crippen molar-refractivity contribution in [2.75, 3.05) is 18.4 Å². The Balaban J connectivity index is 2.10. The molecule has 0 bridgehead atoms. The molecule has 0 saturated carbocycles. The summed E-state index contributed by atoms with van der Waals surface area (Å²) in [5.74, 6) is 0.146. The van der Waals surface area contributed by atoms with Crippen molar-refractivity contribution in [3.05, 3.63) is 28.7 Å². The van der Waals surface area contributed by atoms with Crippen LogP contribution in [-0.2, 0) is 4.79 Å². The fraction of sp³-hybridized carbons (Fsp3) is 0.500. The van der Waals surface area contributed by atoms with E-state index in [4.69, 9.17) is 0 Å². The van der Waals surface area contributed by atoms with Gasteiger partial charge in [-0.05, 0) is 37.6 Å². The summed E-state index contributed by atoms with van der Waals surface area (Å²) in [4.78, 5) is 12.5. The lowest BCUT2D eigenvalue weighted by Gasteiger charge is -2.26. The predicted octanol–water partition coefficient (Wildman–Crippen LogP) is 3.17. The molecule has 1 heterocycles. The van der Waals surface area contributed by atoms with Crippen molar-refractivity contribution in [1.82, 2.24) is 5.32 Å². The molecule has 2 N–H and O–H groups in total. The van der Waals surface area contributed by atoms with Gasteiger partial charge in [0.05, 0.1) is 5.41 Å². The number of hydrogen-bond acceptors (Lipinski definition) is 2. The van der Waals surface area contributed by atoms with Gasteiger partial charge in [0.1, 0.15) is 0 Å². The summed E-state index contributed by atoms with van der Waals surface area (Å²) in [6, 6.07) is 7.73. The van der Waals surface area contributed by atoms with Gasteiger partial charge in [0.25, 0.3) is 0 Å². The molecule has 1 fully saturated rings. The second kappa shape index (κ2) is 5.85. The van der Waals surface area contributed by atoms with Gasteiger partial charge in [0, 0.05) is 16.7 Å². The third kappa shape index (κ3) is 2.93. The molecule has 0 radical (unpaired) electrons. The molecule has 1 saturated heterocycles. The van der Waals surface area contributed by atoms with E-state index < -0.39 is 0 Å². The minimum Gasteiger partial charge on any atom is -0.326 e. The minimum atomic E-state index is -0.225. The largest absolute Gasteiger partial charge is 0.326 e. The third-order valence-corrected chi connectivity index (χ3v) is 4.03. The van der Waals surface area contributed by atoms with Gasteiger partial charge in [-0.2, -0.15) is 0 Å². The molecule has 0 aromatic heterocycles. The first-order valence-electron chi connectivity index (χ1n) is 6.44. The van der Waals surface area contributed by atoms with Crippen LogP contribution >= 0.6 is 15.9 Å². The lowest BCUT2D eigenvalue weighted by Crippen LogP contribution is -2.38. The van der Waals surface area contributed by atoms with Crippen LogP contribution in [0.5, 0.6) is 0 Å². The Labute approximate surface area is 116 Å². The monoisotopic (exact) mass is 310 g/mol. The maximum atomic E-state index is 12.5. The smallest absolute Gasteiger partial charge is 0.231 e. The van der Waals surface area contributed by atoms with E-state index in [-0.39, 0.29) is 11.3 Å². The molecule has 98 valence electrons. The van der Waals surface area contributed by atoms with Crippen molar-refractivity contribution in [2.45, 2.75) is 26.2 Å². The van der Waals surface area contributed by atoms with Gasteiger partial charge in [0.2, 0.25) is 5.91 Å². The molecule has 2 rings (SSSR count). The number of nitrogens with one attached hydrogen (secondary N) is 2. The van der Waals surface area contributed by atoms with Crippen molar-refractivity contribution in [3.8, 4) is 0 Å². The average molecular weight is 311 g/mol. The molecule has 0 spiro atoms. The van der Waals surface area contributed by atoms with E-state index in [0.717, 1.165) is 42.5 Å². The molecule has 1 aromatic rings. The van der Waals surface area contributed by atoms with E-state index >= 15 is 0 Å². The number of carbonyl (C=O) groups excluding carboxylic acids is 1. The van der Waals surface area contributed by atoms with Gasteiger partial charge in [0.15, 0.2) is 0 Å². The zero-order valence-electron chi connectivity index (χ0n) is 10.6. The first-order chi connectivity index (χ1) is 8.66. The van der Waals surface area contributed by atoms with Crippen LogP contribution in [0.15, 0.2) is 28.7 Å². The number of amides is 1. The van der Waals surface area contributed by atoms with Crippen LogP contribution < -0.4 is 10.6 Å². The molecule has 1 atom stereocenters. The topological polar surface area (TPSA) is 41.1 Å². The Morgan fingerprint density at radius 3 is 3.00 bits per heavy atom. The van der Waals surface area contributed by atoms with E-state index in [9.17, 15) is 4.79 Å². The Morgan fingerprint density at radius 1 is 1.56 bits per heavy atom. The van der Waals surface area contributed by atoms with Crippen LogP contribution in [0.1, 0.15) is 26.2 Å². The Morgan fingerprint density at radius 2 is 2.39 bits per heavy atom. The first kappa shape index (κ1) is 13.6. The van der Waals surface area contributed by atoms with Gasteiger partial charge >= 0.3 is 0 Å². The van der Waals surface area contributed by atoms with Gasteiger partial charge < -0.3 is 10.6 Å². The zero-order chi connectivity index (χ0) is 13.0. The number of anilines is 1. The fourth-order valence-electron chi connectivity index (χ4n) is 2.57. The molecule has 1 aliphatic rings. The molecule has 1 amide bonds. The number of rotatable bonds is 4. The third-order valence-electron chi connectivity index (χ3n) is 3.54. The summed E-state index contributed by atoms with van der Waals surface area (Å²) in [6.45, 7) is 3.86. The quantitative estimate of drug-likeness (QED) is 0.897. The standard InChI is InChI=1S/C14H19BrN2O/c1-2-6-14(7-8-16-10-14)13(18)17-12-5-3-4-11(15)9-12/h3-5,9,16H,2,6-8,10H2,1H3,(H,17,18). The number of carbonyl (C=O) groups is 1. The first-order valence-corrected chi connectivity index (χ1v) is 7.23. The Kier molecular flexibility index (Phi) is 4.40. The molecule has 4 heteroatoms. The van der Waals surface area contributed by atoms with Crippen LogP contribution in [0.2, 0.25) is 0 Å². The molecule has 1 aliphatic heterocycles. The van der Waals surface area contributed by atoms with E-state index in [0.29, 0.717) is 0 Å². The maximum absolute atomic E-state index is 12.5. The second-order valence-corrected chi connectivity index (χ2v) is 5.84. The van der Waals surface area contributed by atoms with Gasteiger partial charge in [-0.1, -0.05) is 35.3 Å². The van der Waals surface area contributed by atoms with E-state index in [1.165, 1.54) is 0 Å². The summed E-state index contributed by atoms with van der Waals surface area (Å²) in [6.07, 6.45) is 2.91. The number of halogens is 1. The van der Waals surface area contributed by atoms with E-state index in [2.05, 4.69) is 33.5 Å². The number of hydrogen-bond donors (Lipinski definition) is 2. The van der Waals surface area contributed by atoms with Gasteiger partial charge in [-0.25, -0.2) is 0 Å². The minimum absolute atomic E-state index is 0.146. The molecular formula is C14H19BrN2O. The van der Waals surface area contributed by atoms with Crippen LogP contribution in [0.4, 0.5) is 5.69 Å². The highest BCUT2D eigenvalue weighted by Crippen LogP contribution is 2.32. The molecule has 0 aliphatic carbocycles. The van der Waals surface area contributed by atoms with Crippen molar-refractivity contribution in [1.29, 1.82) is 0 Å². The van der Waals surface area contributed by atoms with Crippen LogP contribution in [0, 0.1) is 5.41 Å². The van der Waals surface area contributed by atoms with E-state index in [1.54, 1.807) is 0 Å². The van der Waals surface area contributed by atoms with Gasteiger partial charge in [-0.15, -0.1) is 0 Å². The number of benzene rings is 1. The Hall–Kier alpha value is -0.870. The summed E-state index contributed by atoms with van der Waals surface area (Å²) < 4.78 is 0.981. The summed E-state index contributed by atoms with van der Waals surface area (Å²) in [5, 5.41) is 6.35. The second-order valence-electron chi connectivity index (χ2n) is 4.92. The van der Waals surface area contributed by atoms with Crippen molar-refractivity contribution in [2.24, 2.45) is 5.41 Å². The maximum Gasteiger partial charge on any atom is 0.231 e.